The zero-order chi connectivity index (χ0) is 30.2. The van der Waals surface area contributed by atoms with Crippen molar-refractivity contribution >= 4 is 5.69 Å². The molecular formula is C24H35NO16. The van der Waals surface area contributed by atoms with Crippen molar-refractivity contribution < 1.29 is 74.2 Å². The van der Waals surface area contributed by atoms with Crippen molar-refractivity contribution in [1.82, 2.24) is 0 Å². The molecule has 17 nitrogen and oxygen atoms in total. The number of nitro groups is 1. The van der Waals surface area contributed by atoms with Gasteiger partial charge in [-0.2, -0.15) is 0 Å². The summed E-state index contributed by atoms with van der Waals surface area (Å²) in [6, 6.07) is 4.83. The van der Waals surface area contributed by atoms with Crippen molar-refractivity contribution in [1.29, 1.82) is 0 Å². The summed E-state index contributed by atoms with van der Waals surface area (Å²) in [5, 5.41) is 92.9. The van der Waals surface area contributed by atoms with Crippen LogP contribution in [0, 0.1) is 10.1 Å². The fraction of sp³-hybridized carbons (Fsp3) is 0.750. The van der Waals surface area contributed by atoms with E-state index in [9.17, 15) is 51.0 Å². The normalized spacial score (nSPS) is 41.3. The molecule has 3 heterocycles. The summed E-state index contributed by atoms with van der Waals surface area (Å²) in [6.07, 6.45) is -22.0. The summed E-state index contributed by atoms with van der Waals surface area (Å²) >= 11 is 0. The Morgan fingerprint density at radius 3 is 1.80 bits per heavy atom. The van der Waals surface area contributed by atoms with Crippen LogP contribution in [0.4, 0.5) is 5.69 Å². The molecule has 3 fully saturated rings. The summed E-state index contributed by atoms with van der Waals surface area (Å²) in [6.45, 7) is 1.86. The monoisotopic (exact) mass is 593 g/mol. The topological polar surface area (TPSA) is 260 Å². The first-order valence-corrected chi connectivity index (χ1v) is 12.9. The summed E-state index contributed by atoms with van der Waals surface area (Å²) < 4.78 is 34.0. The highest BCUT2D eigenvalue weighted by Gasteiger charge is 2.56. The maximum Gasteiger partial charge on any atom is 0.269 e. The molecule has 4 rings (SSSR count). The maximum absolute atomic E-state index is 11.0. The van der Waals surface area contributed by atoms with Crippen molar-refractivity contribution in [2.24, 2.45) is 0 Å². The molecule has 0 spiro atoms. The Morgan fingerprint density at radius 2 is 1.27 bits per heavy atom. The minimum absolute atomic E-state index is 0.0585. The zero-order valence-electron chi connectivity index (χ0n) is 22.0. The molecule has 232 valence electrons. The highest BCUT2D eigenvalue weighted by Crippen LogP contribution is 2.36. The van der Waals surface area contributed by atoms with Crippen LogP contribution in [0.15, 0.2) is 24.3 Å². The second-order valence-electron chi connectivity index (χ2n) is 10.2. The average Bonchev–Trinajstić information content (AvgIpc) is 3.51. The van der Waals surface area contributed by atoms with E-state index in [-0.39, 0.29) is 11.4 Å². The average molecular weight is 594 g/mol. The minimum Gasteiger partial charge on any atom is -0.462 e. The smallest absolute Gasteiger partial charge is 0.269 e. The van der Waals surface area contributed by atoms with Crippen LogP contribution in [0.2, 0.25) is 0 Å². The number of rotatable bonds is 11. The lowest BCUT2D eigenvalue weighted by Crippen LogP contribution is -2.48. The predicted molar refractivity (Wildman–Crippen MR) is 130 cm³/mol. The summed E-state index contributed by atoms with van der Waals surface area (Å²) in [4.78, 5) is 10.3. The number of aliphatic hydroxyl groups excluding tert-OH is 8. The highest BCUT2D eigenvalue weighted by atomic mass is 16.8. The number of aliphatic hydroxyl groups is 8. The van der Waals surface area contributed by atoms with Gasteiger partial charge in [-0.05, 0) is 26.0 Å². The van der Waals surface area contributed by atoms with E-state index in [2.05, 4.69) is 0 Å². The van der Waals surface area contributed by atoms with Gasteiger partial charge in [0.05, 0.1) is 23.7 Å². The lowest BCUT2D eigenvalue weighted by molar-refractivity contribution is -0.384. The van der Waals surface area contributed by atoms with E-state index in [4.69, 9.17) is 28.4 Å². The van der Waals surface area contributed by atoms with E-state index < -0.39 is 104 Å². The second kappa shape index (κ2) is 13.0. The third-order valence-electron chi connectivity index (χ3n) is 7.12. The van der Waals surface area contributed by atoms with E-state index in [1.165, 1.54) is 26.0 Å². The largest absolute Gasteiger partial charge is 0.462 e. The molecule has 41 heavy (non-hydrogen) atoms. The lowest BCUT2D eigenvalue weighted by atomic mass is 10.1. The third kappa shape index (κ3) is 6.62. The van der Waals surface area contributed by atoms with Gasteiger partial charge >= 0.3 is 0 Å². The molecule has 1 aromatic rings. The zero-order valence-corrected chi connectivity index (χ0v) is 22.0. The molecule has 0 saturated carbocycles. The van der Waals surface area contributed by atoms with Gasteiger partial charge < -0.3 is 69.3 Å². The van der Waals surface area contributed by atoms with Gasteiger partial charge in [0, 0.05) is 12.1 Å². The van der Waals surface area contributed by atoms with E-state index >= 15 is 0 Å². The van der Waals surface area contributed by atoms with Gasteiger partial charge in [0.1, 0.15) is 60.7 Å². The Labute approximate surface area is 233 Å². The van der Waals surface area contributed by atoms with Crippen LogP contribution < -0.4 is 4.74 Å². The Morgan fingerprint density at radius 1 is 0.780 bits per heavy atom. The van der Waals surface area contributed by atoms with Gasteiger partial charge in [0.2, 0.25) is 6.29 Å². The van der Waals surface area contributed by atoms with Crippen molar-refractivity contribution in [2.75, 3.05) is 6.61 Å². The first-order valence-electron chi connectivity index (χ1n) is 12.9. The highest BCUT2D eigenvalue weighted by molar-refractivity contribution is 5.36. The van der Waals surface area contributed by atoms with Crippen LogP contribution in [0.1, 0.15) is 13.8 Å². The number of ether oxygens (including phenoxy) is 6. The summed E-state index contributed by atoms with van der Waals surface area (Å²) in [5.41, 5.74) is -0.220. The summed E-state index contributed by atoms with van der Waals surface area (Å²) in [7, 11) is 0. The molecule has 17 heteroatoms. The number of benzene rings is 1. The Balaban J connectivity index is 1.56. The fourth-order valence-electron chi connectivity index (χ4n) is 4.91. The van der Waals surface area contributed by atoms with Crippen molar-refractivity contribution in [3.05, 3.63) is 34.4 Å². The molecule has 3 aliphatic rings. The Kier molecular flexibility index (Phi) is 10.1. The van der Waals surface area contributed by atoms with E-state index in [1.54, 1.807) is 0 Å². The molecule has 15 atom stereocenters. The van der Waals surface area contributed by atoms with Crippen LogP contribution >= 0.6 is 0 Å². The molecule has 8 N–H and O–H groups in total. The van der Waals surface area contributed by atoms with Crippen molar-refractivity contribution in [2.45, 2.75) is 106 Å². The van der Waals surface area contributed by atoms with Gasteiger partial charge in [0.25, 0.3) is 5.69 Å². The Hall–Kier alpha value is -2.10. The minimum atomic E-state index is -1.65. The van der Waals surface area contributed by atoms with Gasteiger partial charge in [-0.25, -0.2) is 0 Å². The quantitative estimate of drug-likeness (QED) is 0.0913. The van der Waals surface area contributed by atoms with E-state index in [0.29, 0.717) is 0 Å². The second-order valence-corrected chi connectivity index (χ2v) is 10.2. The fourth-order valence-corrected chi connectivity index (χ4v) is 4.91. The van der Waals surface area contributed by atoms with Gasteiger partial charge in [-0.15, -0.1) is 0 Å². The van der Waals surface area contributed by atoms with Crippen LogP contribution in [-0.4, -0.2) is 145 Å². The number of hydrogen-bond acceptors (Lipinski definition) is 16. The van der Waals surface area contributed by atoms with Gasteiger partial charge in [-0.3, -0.25) is 10.1 Å². The number of non-ortho nitro benzene ring substituents is 1. The molecular weight excluding hydrogens is 558 g/mol. The Bertz CT molecular complexity index is 1010. The maximum atomic E-state index is 11.0. The molecule has 0 unspecified atom stereocenters. The lowest BCUT2D eigenvalue weighted by Gasteiger charge is -2.29. The standard InChI is InChI=1S/C24H35NO16/c1-8(27)17-13(30)14(31)22(37-17)40-20-15(32)18(9(2)28)38-24(20)41-21-16(33)19(12(29)7-26)39-23(21)36-11-5-3-10(4-6-11)25(34)35/h3-6,8-9,12-24,26-33H,7H2,1-2H3/t8-,9-,12-,13-,14-,15+,16+,17+,18+,19+,20-,21-,22+,23-,24+/m1/s1. The molecule has 1 aromatic carbocycles. The van der Waals surface area contributed by atoms with Crippen LogP contribution in [0.25, 0.3) is 0 Å². The third-order valence-corrected chi connectivity index (χ3v) is 7.12. The van der Waals surface area contributed by atoms with Crippen LogP contribution in [-0.2, 0) is 23.7 Å². The molecule has 3 aliphatic heterocycles. The van der Waals surface area contributed by atoms with Crippen LogP contribution in [0.3, 0.4) is 0 Å². The number of hydrogen-bond donors (Lipinski definition) is 8. The van der Waals surface area contributed by atoms with Crippen LogP contribution in [0.5, 0.6) is 5.75 Å². The first kappa shape index (κ1) is 31.8. The number of nitrogens with zero attached hydrogens (tertiary/aromatic N) is 1. The molecule has 0 aromatic heterocycles. The molecule has 0 radical (unpaired) electrons. The van der Waals surface area contributed by atoms with E-state index in [1.807, 2.05) is 0 Å². The SMILES string of the molecule is C[C@@H](O)[C@@H]1O[C@@H](O[C@H]2[C@H](O[C@H]3[C@H](Oc4ccc([N+](=O)[O-])cc4)O[C@@H]([C@H](O)CO)[C@@H]3O)O[C@@H]([C@@H](C)O)[C@@H]2O)[C@H](O)[C@H]1O. The van der Waals surface area contributed by atoms with Crippen molar-refractivity contribution in [3.8, 4) is 5.75 Å². The predicted octanol–water partition coefficient (Wildman–Crippen LogP) is -3.52. The van der Waals surface area contributed by atoms with E-state index in [0.717, 1.165) is 12.1 Å². The molecule has 3 saturated heterocycles. The van der Waals surface area contributed by atoms with Gasteiger partial charge in [-0.1, -0.05) is 0 Å². The molecule has 0 aliphatic carbocycles. The first-order chi connectivity index (χ1) is 19.3. The number of nitro benzene ring substituents is 1. The molecule has 0 amide bonds. The summed E-state index contributed by atoms with van der Waals surface area (Å²) in [5.74, 6) is 0.0585. The molecule has 0 bridgehead atoms. The van der Waals surface area contributed by atoms with Gasteiger partial charge in [0.15, 0.2) is 18.7 Å². The van der Waals surface area contributed by atoms with Crippen molar-refractivity contribution in [3.63, 3.8) is 0 Å².